The largest absolute Gasteiger partial charge is 0.493 e. The van der Waals surface area contributed by atoms with Gasteiger partial charge in [0.05, 0.1) is 18.8 Å². The number of fused-ring (bicyclic) bond motifs is 1. The first-order valence-electron chi connectivity index (χ1n) is 9.15. The zero-order valence-electron chi connectivity index (χ0n) is 15.7. The van der Waals surface area contributed by atoms with Gasteiger partial charge in [-0.25, -0.2) is 4.52 Å². The second-order valence-corrected chi connectivity index (χ2v) is 6.27. The number of rotatable bonds is 8. The second-order valence-electron chi connectivity index (χ2n) is 6.27. The molecule has 0 aliphatic heterocycles. The summed E-state index contributed by atoms with van der Waals surface area (Å²) < 4.78 is 8.71. The number of nitrogens with zero attached hydrogens (tertiary/aromatic N) is 3. The van der Waals surface area contributed by atoms with E-state index < -0.39 is 0 Å². The van der Waals surface area contributed by atoms with Crippen molar-refractivity contribution in [3.8, 4) is 29.4 Å². The number of amides is 1. The summed E-state index contributed by atoms with van der Waals surface area (Å²) in [7, 11) is 0. The van der Waals surface area contributed by atoms with Crippen molar-refractivity contribution in [1.29, 1.82) is 0 Å². The van der Waals surface area contributed by atoms with Gasteiger partial charge in [0.15, 0.2) is 0 Å². The van der Waals surface area contributed by atoms with Gasteiger partial charge in [-0.15, -0.1) is 6.42 Å². The Morgan fingerprint density at radius 1 is 1.32 bits per heavy atom. The maximum atomic E-state index is 12.7. The van der Waals surface area contributed by atoms with Crippen LogP contribution in [0, 0.1) is 12.3 Å². The summed E-state index contributed by atoms with van der Waals surface area (Å²) in [4.78, 5) is 24.6. The first kappa shape index (κ1) is 19.2. The minimum atomic E-state index is -0.321. The topological polar surface area (TPSA) is 77.6 Å². The van der Waals surface area contributed by atoms with Crippen molar-refractivity contribution < 1.29 is 9.53 Å². The summed E-state index contributed by atoms with van der Waals surface area (Å²) in [6.07, 6.45) is 10.3. The van der Waals surface area contributed by atoms with Crippen LogP contribution in [-0.2, 0) is 11.3 Å². The maximum absolute atomic E-state index is 12.7. The third kappa shape index (κ3) is 4.23. The Hall–Kier alpha value is -3.53. The van der Waals surface area contributed by atoms with E-state index in [0.29, 0.717) is 17.8 Å². The molecular formula is C21H22N4O3. The standard InChI is InChI=1S/C21H22N4O3/c1-3-5-13-28-19-9-7-6-8-16(19)17-14-18-21(27)24(11-12-25(18)23-17)15-20(26)22-10-4-2/h2,6-9,11-12,14H,3,5,10,13,15H2,1H3,(H,22,26). The van der Waals surface area contributed by atoms with Crippen LogP contribution in [0.25, 0.3) is 16.8 Å². The summed E-state index contributed by atoms with van der Waals surface area (Å²) in [5.74, 6) is 2.74. The lowest BCUT2D eigenvalue weighted by Crippen LogP contribution is -2.32. The smallest absolute Gasteiger partial charge is 0.277 e. The number of ether oxygens (including phenoxy) is 1. The predicted octanol–water partition coefficient (Wildman–Crippen LogP) is 2.09. The van der Waals surface area contributed by atoms with Gasteiger partial charge in [-0.05, 0) is 24.6 Å². The predicted molar refractivity (Wildman–Crippen MR) is 107 cm³/mol. The van der Waals surface area contributed by atoms with E-state index in [1.807, 2.05) is 24.3 Å². The van der Waals surface area contributed by atoms with Gasteiger partial charge in [0, 0.05) is 18.0 Å². The molecular weight excluding hydrogens is 356 g/mol. The highest BCUT2D eigenvalue weighted by molar-refractivity contribution is 5.76. The van der Waals surface area contributed by atoms with Gasteiger partial charge in [0.2, 0.25) is 5.91 Å². The third-order valence-corrected chi connectivity index (χ3v) is 4.22. The van der Waals surface area contributed by atoms with Crippen LogP contribution >= 0.6 is 0 Å². The van der Waals surface area contributed by atoms with Crippen LogP contribution in [0.2, 0.25) is 0 Å². The van der Waals surface area contributed by atoms with Crippen molar-refractivity contribution in [3.63, 3.8) is 0 Å². The minimum absolute atomic E-state index is 0.103. The molecule has 1 amide bonds. The van der Waals surface area contributed by atoms with Crippen molar-refractivity contribution in [1.82, 2.24) is 19.5 Å². The SMILES string of the molecule is C#CCNC(=O)Cn1ccn2nc(-c3ccccc3OCCCC)cc2c1=O. The average molecular weight is 378 g/mol. The minimum Gasteiger partial charge on any atom is -0.493 e. The molecule has 0 saturated heterocycles. The molecule has 7 nitrogen and oxygen atoms in total. The Bertz CT molecular complexity index is 1080. The van der Waals surface area contributed by atoms with Gasteiger partial charge < -0.3 is 14.6 Å². The molecule has 2 heterocycles. The third-order valence-electron chi connectivity index (χ3n) is 4.22. The number of terminal acetylenes is 1. The molecule has 0 saturated carbocycles. The van der Waals surface area contributed by atoms with E-state index in [9.17, 15) is 9.59 Å². The molecule has 0 fully saturated rings. The van der Waals surface area contributed by atoms with Gasteiger partial charge in [0.1, 0.15) is 17.8 Å². The van der Waals surface area contributed by atoms with Crippen molar-refractivity contribution in [2.24, 2.45) is 0 Å². The van der Waals surface area contributed by atoms with E-state index in [1.54, 1.807) is 12.3 Å². The van der Waals surface area contributed by atoms with Crippen molar-refractivity contribution >= 4 is 11.4 Å². The van der Waals surface area contributed by atoms with Crippen LogP contribution < -0.4 is 15.6 Å². The first-order chi connectivity index (χ1) is 13.6. The van der Waals surface area contributed by atoms with Crippen molar-refractivity contribution in [2.45, 2.75) is 26.3 Å². The number of hydrogen-bond donors (Lipinski definition) is 1. The molecule has 0 atom stereocenters. The number of carbonyl (C=O) groups is 1. The Morgan fingerprint density at radius 3 is 2.93 bits per heavy atom. The lowest BCUT2D eigenvalue weighted by atomic mass is 10.1. The highest BCUT2D eigenvalue weighted by Gasteiger charge is 2.13. The highest BCUT2D eigenvalue weighted by Crippen LogP contribution is 2.29. The Morgan fingerprint density at radius 2 is 2.14 bits per heavy atom. The molecule has 1 aromatic carbocycles. The molecule has 28 heavy (non-hydrogen) atoms. The molecule has 0 bridgehead atoms. The molecule has 7 heteroatoms. The van der Waals surface area contributed by atoms with Crippen molar-refractivity contribution in [3.05, 3.63) is 53.1 Å². The fourth-order valence-electron chi connectivity index (χ4n) is 2.77. The number of benzene rings is 1. The van der Waals surface area contributed by atoms with Gasteiger partial charge >= 0.3 is 0 Å². The number of carbonyl (C=O) groups excluding carboxylic acids is 1. The maximum Gasteiger partial charge on any atom is 0.277 e. The van der Waals surface area contributed by atoms with Crippen LogP contribution in [0.5, 0.6) is 5.75 Å². The molecule has 3 aromatic rings. The van der Waals surface area contributed by atoms with E-state index in [-0.39, 0.29) is 24.6 Å². The van der Waals surface area contributed by atoms with E-state index in [0.717, 1.165) is 24.2 Å². The van der Waals surface area contributed by atoms with E-state index >= 15 is 0 Å². The van der Waals surface area contributed by atoms with Gasteiger partial charge in [0.25, 0.3) is 5.56 Å². The van der Waals surface area contributed by atoms with E-state index in [2.05, 4.69) is 23.3 Å². The molecule has 144 valence electrons. The zero-order valence-corrected chi connectivity index (χ0v) is 15.7. The number of para-hydroxylation sites is 1. The van der Waals surface area contributed by atoms with Crippen molar-refractivity contribution in [2.75, 3.05) is 13.2 Å². The average Bonchev–Trinajstić information content (AvgIpc) is 3.14. The molecule has 0 aliphatic carbocycles. The Balaban J connectivity index is 1.91. The molecule has 0 spiro atoms. The van der Waals surface area contributed by atoms with Crippen LogP contribution in [0.4, 0.5) is 0 Å². The van der Waals surface area contributed by atoms with E-state index in [1.165, 1.54) is 15.3 Å². The monoisotopic (exact) mass is 378 g/mol. The zero-order chi connectivity index (χ0) is 19.9. The van der Waals surface area contributed by atoms with Gasteiger partial charge in [-0.3, -0.25) is 9.59 Å². The molecule has 0 unspecified atom stereocenters. The van der Waals surface area contributed by atoms with Crippen LogP contribution in [0.15, 0.2) is 47.5 Å². The summed E-state index contributed by atoms with van der Waals surface area (Å²) >= 11 is 0. The first-order valence-corrected chi connectivity index (χ1v) is 9.15. The second kappa shape index (κ2) is 8.91. The van der Waals surface area contributed by atoms with Gasteiger partial charge in [-0.1, -0.05) is 31.4 Å². The lowest BCUT2D eigenvalue weighted by molar-refractivity contribution is -0.121. The van der Waals surface area contributed by atoms with Crippen LogP contribution in [-0.4, -0.2) is 33.2 Å². The molecule has 0 aliphatic rings. The molecule has 3 rings (SSSR count). The fraction of sp³-hybridized carbons (Fsp3) is 0.286. The lowest BCUT2D eigenvalue weighted by Gasteiger charge is -2.09. The summed E-state index contributed by atoms with van der Waals surface area (Å²) in [5, 5.41) is 7.04. The summed E-state index contributed by atoms with van der Waals surface area (Å²) in [5.41, 5.74) is 1.53. The molecule has 2 aromatic heterocycles. The molecule has 1 N–H and O–H groups in total. The number of hydrogen-bond acceptors (Lipinski definition) is 4. The number of aromatic nitrogens is 3. The quantitative estimate of drug-likeness (QED) is 0.481. The van der Waals surface area contributed by atoms with Gasteiger partial charge in [-0.2, -0.15) is 5.10 Å². The fourth-order valence-corrected chi connectivity index (χ4v) is 2.77. The summed E-state index contributed by atoms with van der Waals surface area (Å²) in [6, 6.07) is 9.32. The van der Waals surface area contributed by atoms with Crippen LogP contribution in [0.1, 0.15) is 19.8 Å². The highest BCUT2D eigenvalue weighted by atomic mass is 16.5. The number of unbranched alkanes of at least 4 members (excludes halogenated alkanes) is 1. The van der Waals surface area contributed by atoms with Crippen LogP contribution in [0.3, 0.4) is 0 Å². The molecule has 0 radical (unpaired) electrons. The normalized spacial score (nSPS) is 10.6. The summed E-state index contributed by atoms with van der Waals surface area (Å²) in [6.45, 7) is 2.76. The van der Waals surface area contributed by atoms with E-state index in [4.69, 9.17) is 11.2 Å². The number of nitrogens with one attached hydrogen (secondary N) is 1. The Labute approximate surface area is 162 Å². The Kier molecular flexibility index (Phi) is 6.12.